The zero-order chi connectivity index (χ0) is 21.9. The van der Waals surface area contributed by atoms with Gasteiger partial charge in [0.2, 0.25) is 5.82 Å². The highest BCUT2D eigenvalue weighted by atomic mass is 19.1. The Bertz CT molecular complexity index is 1220. The Labute approximate surface area is 183 Å². The van der Waals surface area contributed by atoms with Crippen molar-refractivity contribution in [2.75, 3.05) is 18.4 Å². The monoisotopic (exact) mass is 430 g/mol. The molecule has 1 saturated heterocycles. The van der Waals surface area contributed by atoms with Crippen LogP contribution in [-0.2, 0) is 0 Å². The fraction of sp³-hybridized carbons (Fsp3) is 0.125. The summed E-state index contributed by atoms with van der Waals surface area (Å²) < 4.78 is 24.9. The van der Waals surface area contributed by atoms with Gasteiger partial charge in [0.25, 0.3) is 5.89 Å². The molecule has 5 rings (SSSR count). The molecule has 0 bridgehead atoms. The van der Waals surface area contributed by atoms with Gasteiger partial charge in [0.15, 0.2) is 0 Å². The number of aromatic nitrogens is 2. The van der Waals surface area contributed by atoms with Gasteiger partial charge in [-0.1, -0.05) is 35.5 Å². The van der Waals surface area contributed by atoms with E-state index in [0.29, 0.717) is 30.6 Å². The molecule has 3 aromatic carbocycles. The molecule has 8 heteroatoms. The van der Waals surface area contributed by atoms with E-state index >= 15 is 0 Å². The summed E-state index contributed by atoms with van der Waals surface area (Å²) in [5.41, 5.74) is 1.83. The van der Waals surface area contributed by atoms with Crippen LogP contribution in [0, 0.1) is 5.82 Å². The van der Waals surface area contributed by atoms with Gasteiger partial charge in [-0.15, -0.1) is 0 Å². The second-order valence-corrected chi connectivity index (χ2v) is 7.37. The number of urea groups is 1. The van der Waals surface area contributed by atoms with Gasteiger partial charge in [0, 0.05) is 11.1 Å². The summed E-state index contributed by atoms with van der Waals surface area (Å²) >= 11 is 0. The Morgan fingerprint density at radius 3 is 2.44 bits per heavy atom. The number of para-hydroxylation sites is 1. The van der Waals surface area contributed by atoms with Crippen molar-refractivity contribution in [1.82, 2.24) is 15.0 Å². The lowest BCUT2D eigenvalue weighted by Crippen LogP contribution is -2.57. The molecule has 2 heterocycles. The predicted octanol–water partition coefficient (Wildman–Crippen LogP) is 4.84. The van der Waals surface area contributed by atoms with Crippen LogP contribution in [0.25, 0.3) is 22.8 Å². The zero-order valence-corrected chi connectivity index (χ0v) is 16.9. The van der Waals surface area contributed by atoms with Crippen molar-refractivity contribution in [3.8, 4) is 28.6 Å². The van der Waals surface area contributed by atoms with Gasteiger partial charge in [0.05, 0.1) is 18.8 Å². The number of likely N-dealkylation sites (tertiary alicyclic amines) is 1. The maximum Gasteiger partial charge on any atom is 0.322 e. The van der Waals surface area contributed by atoms with Crippen molar-refractivity contribution in [3.05, 3.63) is 84.7 Å². The van der Waals surface area contributed by atoms with Crippen LogP contribution in [0.2, 0.25) is 0 Å². The van der Waals surface area contributed by atoms with Crippen LogP contribution < -0.4 is 10.1 Å². The van der Waals surface area contributed by atoms with Crippen molar-refractivity contribution in [1.29, 1.82) is 0 Å². The van der Waals surface area contributed by atoms with Crippen LogP contribution in [0.1, 0.15) is 0 Å². The Hall–Kier alpha value is -4.20. The van der Waals surface area contributed by atoms with Gasteiger partial charge in [-0.25, -0.2) is 9.18 Å². The van der Waals surface area contributed by atoms with Crippen molar-refractivity contribution < 1.29 is 18.4 Å². The summed E-state index contributed by atoms with van der Waals surface area (Å²) in [5, 5.41) is 6.62. The standard InChI is InChI=1S/C24H19FN4O3/c25-20-8-4-5-9-21(20)26-24(30)29-14-19(15-29)31-18-12-10-16(11-13-18)22-27-23(32-28-22)17-6-2-1-3-7-17/h1-13,19H,14-15H2,(H,26,30). The highest BCUT2D eigenvalue weighted by Crippen LogP contribution is 2.25. The van der Waals surface area contributed by atoms with Crippen LogP contribution in [0.4, 0.5) is 14.9 Å². The number of rotatable bonds is 5. The summed E-state index contributed by atoms with van der Waals surface area (Å²) in [7, 11) is 0. The van der Waals surface area contributed by atoms with Crippen LogP contribution in [0.5, 0.6) is 5.75 Å². The molecule has 2 amide bonds. The van der Waals surface area contributed by atoms with Crippen LogP contribution in [0.3, 0.4) is 0 Å². The average molecular weight is 430 g/mol. The topological polar surface area (TPSA) is 80.5 Å². The van der Waals surface area contributed by atoms with Crippen molar-refractivity contribution in [2.45, 2.75) is 6.10 Å². The number of amides is 2. The van der Waals surface area contributed by atoms with Gasteiger partial charge in [-0.2, -0.15) is 4.98 Å². The fourth-order valence-corrected chi connectivity index (χ4v) is 3.35. The first-order valence-corrected chi connectivity index (χ1v) is 10.1. The molecular weight excluding hydrogens is 411 g/mol. The summed E-state index contributed by atoms with van der Waals surface area (Å²) in [5.74, 6) is 1.17. The third kappa shape index (κ3) is 4.15. The average Bonchev–Trinajstić information content (AvgIpc) is 3.29. The minimum atomic E-state index is -0.466. The first kappa shape index (κ1) is 19.7. The Kier molecular flexibility index (Phi) is 5.25. The van der Waals surface area contributed by atoms with Crippen molar-refractivity contribution in [2.24, 2.45) is 0 Å². The number of halogens is 1. The Morgan fingerprint density at radius 2 is 1.69 bits per heavy atom. The van der Waals surface area contributed by atoms with Gasteiger partial charge in [-0.05, 0) is 48.5 Å². The summed E-state index contributed by atoms with van der Waals surface area (Å²) in [4.78, 5) is 18.2. The maximum absolute atomic E-state index is 13.7. The first-order valence-electron chi connectivity index (χ1n) is 10.1. The number of benzene rings is 3. The molecule has 160 valence electrons. The second kappa shape index (κ2) is 8.50. The summed E-state index contributed by atoms with van der Waals surface area (Å²) in [6.07, 6.45) is -0.123. The summed E-state index contributed by atoms with van der Waals surface area (Å²) in [6, 6.07) is 22.7. The lowest BCUT2D eigenvalue weighted by molar-refractivity contribution is 0.0493. The number of anilines is 1. The molecule has 4 aromatic rings. The normalized spacial score (nSPS) is 13.5. The van der Waals surface area contributed by atoms with Crippen LogP contribution in [-0.4, -0.2) is 40.3 Å². The highest BCUT2D eigenvalue weighted by Gasteiger charge is 2.32. The third-order valence-electron chi connectivity index (χ3n) is 5.11. The Balaban J connectivity index is 1.15. The van der Waals surface area contributed by atoms with E-state index in [9.17, 15) is 9.18 Å². The number of hydrogen-bond donors (Lipinski definition) is 1. The lowest BCUT2D eigenvalue weighted by Gasteiger charge is -2.38. The molecule has 7 nitrogen and oxygen atoms in total. The molecular formula is C24H19FN4O3. The quantitative estimate of drug-likeness (QED) is 0.490. The summed E-state index contributed by atoms with van der Waals surface area (Å²) in [6.45, 7) is 0.848. The zero-order valence-electron chi connectivity index (χ0n) is 16.9. The fourth-order valence-electron chi connectivity index (χ4n) is 3.35. The molecule has 1 N–H and O–H groups in total. The lowest BCUT2D eigenvalue weighted by atomic mass is 10.1. The molecule has 1 fully saturated rings. The van der Waals surface area contributed by atoms with Gasteiger partial charge in [0.1, 0.15) is 17.7 Å². The number of hydrogen-bond acceptors (Lipinski definition) is 5. The Morgan fingerprint density at radius 1 is 0.969 bits per heavy atom. The molecule has 0 atom stereocenters. The predicted molar refractivity (Wildman–Crippen MR) is 117 cm³/mol. The molecule has 0 aliphatic carbocycles. The van der Waals surface area contributed by atoms with Crippen molar-refractivity contribution in [3.63, 3.8) is 0 Å². The number of carbonyl (C=O) groups is 1. The number of nitrogens with one attached hydrogen (secondary N) is 1. The minimum Gasteiger partial charge on any atom is -0.487 e. The highest BCUT2D eigenvalue weighted by molar-refractivity contribution is 5.90. The molecule has 1 aliphatic heterocycles. The smallest absolute Gasteiger partial charge is 0.322 e. The van der Waals surface area contributed by atoms with E-state index in [0.717, 1.165) is 11.1 Å². The number of ether oxygens (including phenoxy) is 1. The van der Waals surface area contributed by atoms with E-state index in [1.807, 2.05) is 54.6 Å². The van der Waals surface area contributed by atoms with E-state index in [2.05, 4.69) is 15.5 Å². The minimum absolute atomic E-state index is 0.123. The molecule has 1 aliphatic rings. The van der Waals surface area contributed by atoms with E-state index in [1.54, 1.807) is 17.0 Å². The SMILES string of the molecule is O=C(Nc1ccccc1F)N1CC(Oc2ccc(-c3noc(-c4ccccc4)n3)cc2)C1. The van der Waals surface area contributed by atoms with Gasteiger partial charge >= 0.3 is 6.03 Å². The molecule has 32 heavy (non-hydrogen) atoms. The van der Waals surface area contributed by atoms with E-state index in [-0.39, 0.29) is 17.8 Å². The number of carbonyl (C=O) groups excluding carboxylic acids is 1. The van der Waals surface area contributed by atoms with Gasteiger partial charge in [-0.3, -0.25) is 0 Å². The van der Waals surface area contributed by atoms with E-state index in [4.69, 9.17) is 9.26 Å². The molecule has 0 saturated carbocycles. The molecule has 0 spiro atoms. The molecule has 1 aromatic heterocycles. The molecule has 0 radical (unpaired) electrons. The van der Waals surface area contributed by atoms with Crippen molar-refractivity contribution >= 4 is 11.7 Å². The van der Waals surface area contributed by atoms with E-state index < -0.39 is 5.82 Å². The van der Waals surface area contributed by atoms with Crippen LogP contribution >= 0.6 is 0 Å². The second-order valence-electron chi connectivity index (χ2n) is 7.37. The third-order valence-corrected chi connectivity index (χ3v) is 5.11. The van der Waals surface area contributed by atoms with Crippen LogP contribution in [0.15, 0.2) is 83.4 Å². The van der Waals surface area contributed by atoms with E-state index in [1.165, 1.54) is 12.1 Å². The number of nitrogens with zero attached hydrogens (tertiary/aromatic N) is 3. The maximum atomic E-state index is 13.7. The first-order chi connectivity index (χ1) is 15.7. The van der Waals surface area contributed by atoms with Gasteiger partial charge < -0.3 is 19.5 Å². The largest absolute Gasteiger partial charge is 0.487 e. The molecule has 0 unspecified atom stereocenters.